The smallest absolute Gasteiger partial charge is 0.287 e. The predicted molar refractivity (Wildman–Crippen MR) is 122 cm³/mol. The summed E-state index contributed by atoms with van der Waals surface area (Å²) in [5, 5.41) is 12.1. The molecule has 1 aliphatic rings. The summed E-state index contributed by atoms with van der Waals surface area (Å²) in [5.74, 6) is -2.92. The highest BCUT2D eigenvalue weighted by Crippen LogP contribution is 2.28. The number of rotatable bonds is 7. The summed E-state index contributed by atoms with van der Waals surface area (Å²) >= 11 is 0. The highest BCUT2D eigenvalue weighted by atomic mass is 19.3. The first-order valence-corrected chi connectivity index (χ1v) is 10.7. The maximum Gasteiger partial charge on any atom is 0.287 e. The van der Waals surface area contributed by atoms with Gasteiger partial charge in [0.2, 0.25) is 5.95 Å². The molecule has 0 spiro atoms. The second-order valence-corrected chi connectivity index (χ2v) is 7.77. The lowest BCUT2D eigenvalue weighted by atomic mass is 10.0. The van der Waals surface area contributed by atoms with Gasteiger partial charge in [0.25, 0.3) is 11.8 Å². The van der Waals surface area contributed by atoms with Crippen molar-refractivity contribution in [2.24, 2.45) is 0 Å². The minimum Gasteiger partial charge on any atom is -0.352 e. The molecular weight excluding hydrogens is 428 g/mol. The summed E-state index contributed by atoms with van der Waals surface area (Å²) in [5.41, 5.74) is 3.10. The number of benzene rings is 1. The molecule has 0 fully saturated rings. The lowest BCUT2D eigenvalue weighted by molar-refractivity contribution is 0.0129. The first kappa shape index (κ1) is 22.5. The molecule has 8 nitrogen and oxygen atoms in total. The number of nitrogens with zero attached hydrogens (tertiary/aromatic N) is 3. The van der Waals surface area contributed by atoms with E-state index >= 15 is 0 Å². The Morgan fingerprint density at radius 1 is 1.15 bits per heavy atom. The Morgan fingerprint density at radius 2 is 2.00 bits per heavy atom. The molecule has 172 valence electrons. The van der Waals surface area contributed by atoms with E-state index < -0.39 is 5.92 Å². The second kappa shape index (κ2) is 9.45. The molecule has 1 aromatic carbocycles. The number of alkyl halides is 2. The summed E-state index contributed by atoms with van der Waals surface area (Å²) in [6.07, 6.45) is 2.32. The monoisotopic (exact) mass is 453 g/mol. The van der Waals surface area contributed by atoms with E-state index in [1.54, 1.807) is 6.92 Å². The maximum absolute atomic E-state index is 13.7. The SMILES string of the molecule is CCNC(=O)c1cnc(Nc2ccc3c(c2)CCNC3)nc1Nc1cccc(C(C)(F)F)n1. The van der Waals surface area contributed by atoms with Gasteiger partial charge in [-0.25, -0.2) is 9.97 Å². The number of aromatic nitrogens is 3. The van der Waals surface area contributed by atoms with Gasteiger partial charge in [-0.1, -0.05) is 12.1 Å². The van der Waals surface area contributed by atoms with Crippen molar-refractivity contribution >= 4 is 29.2 Å². The van der Waals surface area contributed by atoms with E-state index in [1.165, 1.54) is 35.5 Å². The van der Waals surface area contributed by atoms with Crippen LogP contribution in [-0.4, -0.2) is 33.9 Å². The molecule has 0 saturated carbocycles. The van der Waals surface area contributed by atoms with Gasteiger partial charge in [-0.15, -0.1) is 0 Å². The molecule has 4 rings (SSSR count). The molecule has 3 heterocycles. The van der Waals surface area contributed by atoms with E-state index in [0.29, 0.717) is 6.54 Å². The summed E-state index contributed by atoms with van der Waals surface area (Å²) in [7, 11) is 0. The minimum atomic E-state index is -3.10. The van der Waals surface area contributed by atoms with Crippen molar-refractivity contribution in [3.63, 3.8) is 0 Å². The van der Waals surface area contributed by atoms with Gasteiger partial charge in [0, 0.05) is 31.9 Å². The quantitative estimate of drug-likeness (QED) is 0.431. The standard InChI is InChI=1S/C23H25F2N7O/c1-3-27-21(33)17-13-28-22(29-16-8-7-15-12-26-10-9-14(15)11-16)32-20(17)31-19-6-4-5-18(30-19)23(2,24)25/h4-8,11,13,26H,3,9-10,12H2,1-2H3,(H,27,33)(H2,28,29,30,31,32). The average Bonchev–Trinajstić information content (AvgIpc) is 2.79. The van der Waals surface area contributed by atoms with Gasteiger partial charge in [-0.3, -0.25) is 4.79 Å². The molecule has 3 aromatic rings. The number of fused-ring (bicyclic) bond motifs is 1. The van der Waals surface area contributed by atoms with Crippen LogP contribution in [0.3, 0.4) is 0 Å². The van der Waals surface area contributed by atoms with Crippen LogP contribution in [0.1, 0.15) is 41.0 Å². The molecule has 0 unspecified atom stereocenters. The number of pyridine rings is 1. The predicted octanol–water partition coefficient (Wildman–Crippen LogP) is 3.87. The molecule has 2 aromatic heterocycles. The first-order valence-electron chi connectivity index (χ1n) is 10.7. The fourth-order valence-corrected chi connectivity index (χ4v) is 3.51. The van der Waals surface area contributed by atoms with Crippen LogP contribution in [-0.2, 0) is 18.9 Å². The van der Waals surface area contributed by atoms with Crippen LogP contribution >= 0.6 is 0 Å². The van der Waals surface area contributed by atoms with Crippen molar-refractivity contribution in [2.75, 3.05) is 23.7 Å². The summed E-state index contributed by atoms with van der Waals surface area (Å²) in [6.45, 7) is 4.75. The normalized spacial score (nSPS) is 13.2. The minimum absolute atomic E-state index is 0.144. The van der Waals surface area contributed by atoms with Crippen LogP contribution in [0, 0.1) is 0 Å². The highest BCUT2D eigenvalue weighted by molar-refractivity contribution is 5.99. The van der Waals surface area contributed by atoms with Crippen molar-refractivity contribution in [1.82, 2.24) is 25.6 Å². The van der Waals surface area contributed by atoms with Crippen LogP contribution in [0.25, 0.3) is 0 Å². The van der Waals surface area contributed by atoms with Crippen LogP contribution in [0.15, 0.2) is 42.6 Å². The Kier molecular flexibility index (Phi) is 6.45. The number of hydrogen-bond acceptors (Lipinski definition) is 7. The number of anilines is 4. The number of nitrogens with one attached hydrogen (secondary N) is 4. The topological polar surface area (TPSA) is 104 Å². The lowest BCUT2D eigenvalue weighted by Crippen LogP contribution is -2.24. The number of hydrogen-bond donors (Lipinski definition) is 4. The van der Waals surface area contributed by atoms with Crippen molar-refractivity contribution in [3.8, 4) is 0 Å². The maximum atomic E-state index is 13.7. The summed E-state index contributed by atoms with van der Waals surface area (Å²) in [4.78, 5) is 25.2. The zero-order valence-electron chi connectivity index (χ0n) is 18.4. The second-order valence-electron chi connectivity index (χ2n) is 7.77. The van der Waals surface area contributed by atoms with Crippen LogP contribution in [0.4, 0.5) is 32.1 Å². The van der Waals surface area contributed by atoms with Crippen molar-refractivity contribution in [1.29, 1.82) is 0 Å². The molecule has 0 aliphatic carbocycles. The van der Waals surface area contributed by atoms with Gasteiger partial charge in [0.15, 0.2) is 0 Å². The third kappa shape index (κ3) is 5.40. The van der Waals surface area contributed by atoms with Gasteiger partial charge < -0.3 is 21.3 Å². The van der Waals surface area contributed by atoms with E-state index in [4.69, 9.17) is 0 Å². The molecule has 0 bridgehead atoms. The fourth-order valence-electron chi connectivity index (χ4n) is 3.51. The highest BCUT2D eigenvalue weighted by Gasteiger charge is 2.26. The van der Waals surface area contributed by atoms with Crippen molar-refractivity contribution in [3.05, 3.63) is 65.0 Å². The molecule has 0 radical (unpaired) electrons. The molecule has 1 amide bonds. The van der Waals surface area contributed by atoms with E-state index in [9.17, 15) is 13.6 Å². The van der Waals surface area contributed by atoms with Crippen LogP contribution < -0.4 is 21.3 Å². The number of carbonyl (C=O) groups is 1. The van der Waals surface area contributed by atoms with Gasteiger partial charge >= 0.3 is 0 Å². The molecular formula is C23H25F2N7O. The number of amides is 1. The Hall–Kier alpha value is -3.66. The van der Waals surface area contributed by atoms with Gasteiger partial charge in [0.1, 0.15) is 22.9 Å². The molecule has 1 aliphatic heterocycles. The average molecular weight is 453 g/mol. The Morgan fingerprint density at radius 3 is 2.79 bits per heavy atom. The largest absolute Gasteiger partial charge is 0.352 e. The van der Waals surface area contributed by atoms with Crippen LogP contribution in [0.2, 0.25) is 0 Å². The van der Waals surface area contributed by atoms with Crippen molar-refractivity contribution < 1.29 is 13.6 Å². The molecule has 0 atom stereocenters. The third-order valence-corrected chi connectivity index (χ3v) is 5.17. The third-order valence-electron chi connectivity index (χ3n) is 5.17. The van der Waals surface area contributed by atoms with E-state index in [2.05, 4.69) is 42.3 Å². The molecule has 4 N–H and O–H groups in total. The summed E-state index contributed by atoms with van der Waals surface area (Å²) < 4.78 is 27.4. The van der Waals surface area contributed by atoms with Crippen molar-refractivity contribution in [2.45, 2.75) is 32.7 Å². The Bertz CT molecular complexity index is 1160. The van der Waals surface area contributed by atoms with Gasteiger partial charge in [-0.05, 0) is 55.3 Å². The molecule has 10 heteroatoms. The molecule has 33 heavy (non-hydrogen) atoms. The van der Waals surface area contributed by atoms with E-state index in [0.717, 1.165) is 32.1 Å². The molecule has 0 saturated heterocycles. The Balaban J connectivity index is 1.64. The fraction of sp³-hybridized carbons (Fsp3) is 0.304. The lowest BCUT2D eigenvalue weighted by Gasteiger charge is -2.18. The van der Waals surface area contributed by atoms with Gasteiger partial charge in [-0.2, -0.15) is 13.8 Å². The number of halogens is 2. The zero-order valence-corrected chi connectivity index (χ0v) is 18.4. The van der Waals surface area contributed by atoms with E-state index in [-0.39, 0.29) is 34.7 Å². The zero-order chi connectivity index (χ0) is 23.4. The summed E-state index contributed by atoms with van der Waals surface area (Å²) in [6, 6.07) is 10.3. The first-order chi connectivity index (χ1) is 15.8. The van der Waals surface area contributed by atoms with E-state index in [1.807, 2.05) is 12.1 Å². The number of carbonyl (C=O) groups excluding carboxylic acids is 1. The van der Waals surface area contributed by atoms with Gasteiger partial charge in [0.05, 0.1) is 0 Å². The van der Waals surface area contributed by atoms with Crippen LogP contribution in [0.5, 0.6) is 0 Å². The Labute approximate surface area is 190 Å².